The highest BCUT2D eigenvalue weighted by Crippen LogP contribution is 2.31. The number of ketones is 2. The molecular weight excluding hydrogens is 394 g/mol. The van der Waals surface area contributed by atoms with E-state index >= 15 is 0 Å². The van der Waals surface area contributed by atoms with Gasteiger partial charge in [0.15, 0.2) is 11.6 Å². The minimum Gasteiger partial charge on any atom is -0.342 e. The molecule has 0 saturated carbocycles. The normalized spacial score (nSPS) is 13.2. The van der Waals surface area contributed by atoms with Gasteiger partial charge in [-0.25, -0.2) is 0 Å². The molecule has 1 aliphatic rings. The second kappa shape index (κ2) is 7.17. The lowest BCUT2D eigenvalue weighted by atomic mass is 10.1. The van der Waals surface area contributed by atoms with Gasteiger partial charge >= 0.3 is 0 Å². The van der Waals surface area contributed by atoms with Crippen LogP contribution in [0.1, 0.15) is 31.8 Å². The third kappa shape index (κ3) is 2.90. The van der Waals surface area contributed by atoms with E-state index in [-0.39, 0.29) is 17.1 Å². The van der Waals surface area contributed by atoms with Crippen molar-refractivity contribution in [2.45, 2.75) is 6.54 Å². The van der Waals surface area contributed by atoms with Gasteiger partial charge in [0.05, 0.1) is 5.57 Å². The van der Waals surface area contributed by atoms with Gasteiger partial charge in [0.25, 0.3) is 0 Å². The molecule has 0 fully saturated rings. The number of fused-ring (bicyclic) bond motifs is 3. The van der Waals surface area contributed by atoms with Gasteiger partial charge in [-0.15, -0.1) is 0 Å². The standard InChI is InChI=1S/C29H19NO2/c31-28-24-10-3-4-11-25(24)29(32)26(28)16-22-18-30(27-12-6-5-9-23(22)27)17-19-13-14-20-7-1-2-8-21(20)15-19/h1-16,18H,17H2. The summed E-state index contributed by atoms with van der Waals surface area (Å²) in [5, 5.41) is 3.46. The van der Waals surface area contributed by atoms with Crippen molar-refractivity contribution in [1.29, 1.82) is 0 Å². The van der Waals surface area contributed by atoms with Gasteiger partial charge in [-0.1, -0.05) is 78.9 Å². The largest absolute Gasteiger partial charge is 0.342 e. The second-order valence-electron chi connectivity index (χ2n) is 8.17. The van der Waals surface area contributed by atoms with Crippen molar-refractivity contribution >= 4 is 39.3 Å². The Morgan fingerprint density at radius 3 is 2.12 bits per heavy atom. The van der Waals surface area contributed by atoms with E-state index < -0.39 is 0 Å². The monoisotopic (exact) mass is 413 g/mol. The second-order valence-corrected chi connectivity index (χ2v) is 8.17. The van der Waals surface area contributed by atoms with E-state index in [1.165, 1.54) is 16.3 Å². The van der Waals surface area contributed by atoms with E-state index in [4.69, 9.17) is 0 Å². The molecule has 0 unspecified atom stereocenters. The summed E-state index contributed by atoms with van der Waals surface area (Å²) < 4.78 is 2.18. The fourth-order valence-corrected chi connectivity index (χ4v) is 4.61. The van der Waals surface area contributed by atoms with Crippen LogP contribution in [0.15, 0.2) is 103 Å². The number of para-hydroxylation sites is 1. The summed E-state index contributed by atoms with van der Waals surface area (Å²) in [6.45, 7) is 0.705. The molecule has 0 radical (unpaired) electrons. The number of Topliss-reactive ketones (excluding diaryl/α,β-unsaturated/α-hetero) is 2. The molecule has 4 aromatic carbocycles. The van der Waals surface area contributed by atoms with Crippen LogP contribution < -0.4 is 0 Å². The van der Waals surface area contributed by atoms with Crippen LogP contribution in [0.3, 0.4) is 0 Å². The quantitative estimate of drug-likeness (QED) is 0.257. The van der Waals surface area contributed by atoms with Crippen molar-refractivity contribution in [2.75, 3.05) is 0 Å². The summed E-state index contributed by atoms with van der Waals surface area (Å²) in [4.78, 5) is 25.7. The average molecular weight is 413 g/mol. The molecule has 3 heteroatoms. The van der Waals surface area contributed by atoms with E-state index in [9.17, 15) is 9.59 Å². The van der Waals surface area contributed by atoms with Crippen molar-refractivity contribution < 1.29 is 9.59 Å². The third-order valence-corrected chi connectivity index (χ3v) is 6.19. The number of aromatic nitrogens is 1. The van der Waals surface area contributed by atoms with Gasteiger partial charge in [-0.05, 0) is 34.5 Å². The molecule has 1 aromatic heterocycles. The van der Waals surface area contributed by atoms with Crippen molar-refractivity contribution in [1.82, 2.24) is 4.57 Å². The molecule has 0 N–H and O–H groups in total. The Bertz CT molecular complexity index is 1550. The fourth-order valence-electron chi connectivity index (χ4n) is 4.61. The molecular formula is C29H19NO2. The summed E-state index contributed by atoms with van der Waals surface area (Å²) in [7, 11) is 0. The molecule has 0 amide bonds. The number of carbonyl (C=O) groups is 2. The molecule has 32 heavy (non-hydrogen) atoms. The average Bonchev–Trinajstić information content (AvgIpc) is 3.30. The first kappa shape index (κ1) is 18.5. The lowest BCUT2D eigenvalue weighted by Crippen LogP contribution is -2.00. The molecule has 152 valence electrons. The minimum absolute atomic E-state index is 0.197. The summed E-state index contributed by atoms with van der Waals surface area (Å²) in [6.07, 6.45) is 3.79. The Kier molecular flexibility index (Phi) is 4.15. The molecule has 1 aliphatic carbocycles. The van der Waals surface area contributed by atoms with Gasteiger partial charge in [0.1, 0.15) is 0 Å². The van der Waals surface area contributed by atoms with Crippen LogP contribution in [0.5, 0.6) is 0 Å². The first-order valence-electron chi connectivity index (χ1n) is 10.6. The number of benzene rings is 4. The molecule has 0 spiro atoms. The highest BCUT2D eigenvalue weighted by Gasteiger charge is 2.32. The van der Waals surface area contributed by atoms with Crippen molar-refractivity contribution in [2.24, 2.45) is 0 Å². The molecule has 0 atom stereocenters. The number of nitrogens with zero attached hydrogens (tertiary/aromatic N) is 1. The maximum absolute atomic E-state index is 12.9. The topological polar surface area (TPSA) is 39.1 Å². The first-order valence-corrected chi connectivity index (χ1v) is 10.6. The zero-order chi connectivity index (χ0) is 21.7. The van der Waals surface area contributed by atoms with Gasteiger partial charge < -0.3 is 4.57 Å². The van der Waals surface area contributed by atoms with Crippen LogP contribution in [0.4, 0.5) is 0 Å². The number of allylic oxidation sites excluding steroid dienone is 1. The summed E-state index contributed by atoms with van der Waals surface area (Å²) in [6, 6.07) is 30.0. The predicted octanol–water partition coefficient (Wildman–Crippen LogP) is 6.31. The minimum atomic E-state index is -0.197. The van der Waals surface area contributed by atoms with Gasteiger partial charge in [0.2, 0.25) is 0 Å². The van der Waals surface area contributed by atoms with Crippen molar-refractivity contribution in [3.05, 3.63) is 125 Å². The Hall–Kier alpha value is -4.24. The Balaban J connectivity index is 1.44. The fraction of sp³-hybridized carbons (Fsp3) is 0.0345. The lowest BCUT2D eigenvalue weighted by Gasteiger charge is -2.07. The van der Waals surface area contributed by atoms with Crippen molar-refractivity contribution in [3.63, 3.8) is 0 Å². The predicted molar refractivity (Wildman–Crippen MR) is 128 cm³/mol. The molecule has 3 nitrogen and oxygen atoms in total. The highest BCUT2D eigenvalue weighted by molar-refractivity contribution is 6.41. The Morgan fingerprint density at radius 2 is 1.34 bits per heavy atom. The number of hydrogen-bond acceptors (Lipinski definition) is 2. The van der Waals surface area contributed by atoms with Crippen molar-refractivity contribution in [3.8, 4) is 0 Å². The summed E-state index contributed by atoms with van der Waals surface area (Å²) in [5.74, 6) is -0.395. The maximum Gasteiger partial charge on any atom is 0.197 e. The van der Waals surface area contributed by atoms with Crippen LogP contribution in [-0.4, -0.2) is 16.1 Å². The van der Waals surface area contributed by atoms with E-state index in [1.54, 1.807) is 30.3 Å². The first-order chi connectivity index (χ1) is 15.7. The van der Waals surface area contributed by atoms with E-state index in [0.29, 0.717) is 17.7 Å². The summed E-state index contributed by atoms with van der Waals surface area (Å²) in [5.41, 5.74) is 4.37. The SMILES string of the molecule is O=C1C(=Cc2cn(Cc3ccc4ccccc4c3)c3ccccc23)C(=O)c2ccccc21. The van der Waals surface area contributed by atoms with Crippen LogP contribution in [0, 0.1) is 0 Å². The number of carbonyl (C=O) groups excluding carboxylic acids is 2. The summed E-state index contributed by atoms with van der Waals surface area (Å²) >= 11 is 0. The van der Waals surface area contributed by atoms with Crippen LogP contribution in [-0.2, 0) is 6.54 Å². The maximum atomic E-state index is 12.9. The Morgan fingerprint density at radius 1 is 0.688 bits per heavy atom. The molecule has 0 aliphatic heterocycles. The number of hydrogen-bond donors (Lipinski definition) is 0. The molecule has 6 rings (SSSR count). The van der Waals surface area contributed by atoms with Crippen LogP contribution in [0.2, 0.25) is 0 Å². The smallest absolute Gasteiger partial charge is 0.197 e. The van der Waals surface area contributed by atoms with E-state index in [2.05, 4.69) is 47.0 Å². The van der Waals surface area contributed by atoms with Gasteiger partial charge in [-0.3, -0.25) is 9.59 Å². The van der Waals surface area contributed by atoms with Crippen LogP contribution >= 0.6 is 0 Å². The van der Waals surface area contributed by atoms with Crippen LogP contribution in [0.25, 0.3) is 27.8 Å². The zero-order valence-corrected chi connectivity index (χ0v) is 17.3. The molecule has 1 heterocycles. The molecule has 5 aromatic rings. The van der Waals surface area contributed by atoms with E-state index in [1.807, 2.05) is 30.5 Å². The van der Waals surface area contributed by atoms with E-state index in [0.717, 1.165) is 16.5 Å². The zero-order valence-electron chi connectivity index (χ0n) is 17.3. The van der Waals surface area contributed by atoms with Gasteiger partial charge in [0, 0.05) is 40.3 Å². The lowest BCUT2D eigenvalue weighted by molar-refractivity contribution is 0.0990. The third-order valence-electron chi connectivity index (χ3n) is 6.19. The number of rotatable bonds is 3. The molecule has 0 bridgehead atoms. The molecule has 0 saturated heterocycles. The Labute approximate surface area is 185 Å². The highest BCUT2D eigenvalue weighted by atomic mass is 16.2. The van der Waals surface area contributed by atoms with Gasteiger partial charge in [-0.2, -0.15) is 0 Å².